The third-order valence-electron chi connectivity index (χ3n) is 3.27. The van der Waals surface area contributed by atoms with Crippen LogP contribution < -0.4 is 4.74 Å². The van der Waals surface area contributed by atoms with Gasteiger partial charge in [0.05, 0.1) is 17.9 Å². The van der Waals surface area contributed by atoms with Crippen LogP contribution in [0.2, 0.25) is 10.0 Å². The van der Waals surface area contributed by atoms with Crippen molar-refractivity contribution in [3.8, 4) is 5.75 Å². The molecule has 1 saturated carbocycles. The van der Waals surface area contributed by atoms with Crippen molar-refractivity contribution in [2.75, 3.05) is 0 Å². The molecule has 0 unspecified atom stereocenters. The van der Waals surface area contributed by atoms with E-state index >= 15 is 0 Å². The molecule has 4 nitrogen and oxygen atoms in total. The minimum Gasteiger partial charge on any atom is -0.462 e. The molecule has 0 heterocycles. The number of carbonyl (C=O) groups is 2. The molecule has 1 aromatic carbocycles. The number of rotatable bonds is 5. The zero-order chi connectivity index (χ0) is 15.2. The Morgan fingerprint density at radius 2 is 1.76 bits per heavy atom. The molecule has 21 heavy (non-hydrogen) atoms. The van der Waals surface area contributed by atoms with Gasteiger partial charge in [0.25, 0.3) is 0 Å². The Bertz CT molecular complexity index is 524. The van der Waals surface area contributed by atoms with Crippen molar-refractivity contribution in [2.45, 2.75) is 44.6 Å². The van der Waals surface area contributed by atoms with E-state index in [-0.39, 0.29) is 35.7 Å². The van der Waals surface area contributed by atoms with Gasteiger partial charge < -0.3 is 9.47 Å². The average molecular weight is 331 g/mol. The molecule has 114 valence electrons. The molecule has 1 aliphatic carbocycles. The van der Waals surface area contributed by atoms with E-state index in [0.29, 0.717) is 5.02 Å². The summed E-state index contributed by atoms with van der Waals surface area (Å²) < 4.78 is 10.3. The third-order valence-corrected chi connectivity index (χ3v) is 4.08. The summed E-state index contributed by atoms with van der Waals surface area (Å²) in [6.45, 7) is 0. The van der Waals surface area contributed by atoms with Crippen LogP contribution in [0.15, 0.2) is 18.2 Å². The van der Waals surface area contributed by atoms with E-state index < -0.39 is 5.97 Å². The van der Waals surface area contributed by atoms with Crippen LogP contribution in [0.3, 0.4) is 0 Å². The summed E-state index contributed by atoms with van der Waals surface area (Å²) >= 11 is 11.7. The van der Waals surface area contributed by atoms with Crippen molar-refractivity contribution >= 4 is 35.1 Å². The molecule has 6 heteroatoms. The summed E-state index contributed by atoms with van der Waals surface area (Å²) in [7, 11) is 0. The van der Waals surface area contributed by atoms with Gasteiger partial charge in [-0.25, -0.2) is 0 Å². The van der Waals surface area contributed by atoms with Crippen LogP contribution in [-0.4, -0.2) is 18.0 Å². The second-order valence-corrected chi connectivity index (χ2v) is 5.71. The maximum Gasteiger partial charge on any atom is 0.311 e. The van der Waals surface area contributed by atoms with Gasteiger partial charge in [-0.15, -0.1) is 0 Å². The van der Waals surface area contributed by atoms with Crippen LogP contribution in [0.4, 0.5) is 0 Å². The highest BCUT2D eigenvalue weighted by Crippen LogP contribution is 2.31. The molecular weight excluding hydrogens is 315 g/mol. The standard InChI is InChI=1S/C15H16Cl2O4/c16-11-6-3-7-12(15(11)17)21-14(19)9-8-13(18)20-10-4-1-2-5-10/h3,6-7,10H,1-2,4-5,8-9H2. The van der Waals surface area contributed by atoms with E-state index in [9.17, 15) is 9.59 Å². The molecule has 1 aromatic rings. The van der Waals surface area contributed by atoms with Crippen LogP contribution in [0.25, 0.3) is 0 Å². The van der Waals surface area contributed by atoms with E-state index in [1.165, 1.54) is 0 Å². The van der Waals surface area contributed by atoms with Crippen molar-refractivity contribution in [3.63, 3.8) is 0 Å². The van der Waals surface area contributed by atoms with Crippen LogP contribution in [-0.2, 0) is 14.3 Å². The Balaban J connectivity index is 1.76. The number of esters is 2. The van der Waals surface area contributed by atoms with Crippen LogP contribution in [0.5, 0.6) is 5.75 Å². The van der Waals surface area contributed by atoms with Crippen LogP contribution in [0.1, 0.15) is 38.5 Å². The molecule has 1 fully saturated rings. The summed E-state index contributed by atoms with van der Waals surface area (Å²) in [4.78, 5) is 23.3. The zero-order valence-corrected chi connectivity index (χ0v) is 13.0. The Kier molecular flexibility index (Phi) is 5.88. The van der Waals surface area contributed by atoms with E-state index in [1.807, 2.05) is 0 Å². The second kappa shape index (κ2) is 7.66. The molecule has 0 radical (unpaired) electrons. The lowest BCUT2D eigenvalue weighted by Crippen LogP contribution is -2.17. The summed E-state index contributed by atoms with van der Waals surface area (Å²) in [6.07, 6.45) is 3.97. The van der Waals surface area contributed by atoms with Crippen molar-refractivity contribution in [3.05, 3.63) is 28.2 Å². The maximum absolute atomic E-state index is 11.7. The molecule has 0 spiro atoms. The Morgan fingerprint density at radius 1 is 1.10 bits per heavy atom. The number of halogens is 2. The van der Waals surface area contributed by atoms with Gasteiger partial charge in [-0.1, -0.05) is 29.3 Å². The van der Waals surface area contributed by atoms with E-state index in [2.05, 4.69) is 0 Å². The zero-order valence-electron chi connectivity index (χ0n) is 11.4. The summed E-state index contributed by atoms with van der Waals surface area (Å²) in [6, 6.07) is 4.77. The normalized spacial score (nSPS) is 15.0. The number of carbonyl (C=O) groups excluding carboxylic acids is 2. The largest absolute Gasteiger partial charge is 0.462 e. The number of ether oxygens (including phenoxy) is 2. The van der Waals surface area contributed by atoms with E-state index in [4.69, 9.17) is 32.7 Å². The summed E-state index contributed by atoms with van der Waals surface area (Å²) in [5, 5.41) is 0.489. The molecule has 0 N–H and O–H groups in total. The molecule has 2 rings (SSSR count). The van der Waals surface area contributed by atoms with Gasteiger partial charge in [-0.2, -0.15) is 0 Å². The van der Waals surface area contributed by atoms with Crippen molar-refractivity contribution in [1.82, 2.24) is 0 Å². The minimum absolute atomic E-state index is 0.00746. The predicted molar refractivity (Wildman–Crippen MR) is 79.7 cm³/mol. The van der Waals surface area contributed by atoms with E-state index in [1.54, 1.807) is 18.2 Å². The number of hydrogen-bond donors (Lipinski definition) is 0. The number of hydrogen-bond acceptors (Lipinski definition) is 4. The molecule has 0 aliphatic heterocycles. The van der Waals surface area contributed by atoms with Gasteiger partial charge in [0.15, 0.2) is 5.75 Å². The summed E-state index contributed by atoms with van der Waals surface area (Å²) in [5.41, 5.74) is 0. The lowest BCUT2D eigenvalue weighted by atomic mass is 10.3. The maximum atomic E-state index is 11.7. The first-order chi connectivity index (χ1) is 10.1. The average Bonchev–Trinajstić information content (AvgIpc) is 2.94. The van der Waals surface area contributed by atoms with Gasteiger partial charge in [0.2, 0.25) is 0 Å². The third kappa shape index (κ3) is 4.90. The van der Waals surface area contributed by atoms with Gasteiger partial charge >= 0.3 is 11.9 Å². The number of benzene rings is 1. The highest BCUT2D eigenvalue weighted by molar-refractivity contribution is 6.43. The fourth-order valence-electron chi connectivity index (χ4n) is 2.19. The van der Waals surface area contributed by atoms with Crippen molar-refractivity contribution in [1.29, 1.82) is 0 Å². The lowest BCUT2D eigenvalue weighted by Gasteiger charge is -2.11. The predicted octanol–water partition coefficient (Wildman–Crippen LogP) is 4.16. The molecule has 0 saturated heterocycles. The van der Waals surface area contributed by atoms with Gasteiger partial charge in [-0.3, -0.25) is 9.59 Å². The Labute approximate surface area is 133 Å². The fourth-order valence-corrected chi connectivity index (χ4v) is 2.52. The topological polar surface area (TPSA) is 52.6 Å². The highest BCUT2D eigenvalue weighted by atomic mass is 35.5. The fraction of sp³-hybridized carbons (Fsp3) is 0.467. The first-order valence-electron chi connectivity index (χ1n) is 6.90. The molecule has 0 amide bonds. The first kappa shape index (κ1) is 16.1. The smallest absolute Gasteiger partial charge is 0.311 e. The van der Waals surface area contributed by atoms with Crippen LogP contribution in [0, 0.1) is 0 Å². The van der Waals surface area contributed by atoms with Crippen molar-refractivity contribution in [2.24, 2.45) is 0 Å². The quantitative estimate of drug-likeness (QED) is 0.600. The SMILES string of the molecule is O=C(CCC(=O)OC1CCCC1)Oc1cccc(Cl)c1Cl. The summed E-state index contributed by atoms with van der Waals surface area (Å²) in [5.74, 6) is -0.711. The Morgan fingerprint density at radius 3 is 2.48 bits per heavy atom. The minimum atomic E-state index is -0.539. The lowest BCUT2D eigenvalue weighted by molar-refractivity contribution is -0.151. The van der Waals surface area contributed by atoms with Crippen LogP contribution >= 0.6 is 23.2 Å². The monoisotopic (exact) mass is 330 g/mol. The van der Waals surface area contributed by atoms with Gasteiger partial charge in [-0.05, 0) is 37.8 Å². The van der Waals surface area contributed by atoms with Gasteiger partial charge in [0, 0.05) is 0 Å². The first-order valence-corrected chi connectivity index (χ1v) is 7.66. The van der Waals surface area contributed by atoms with Gasteiger partial charge in [0.1, 0.15) is 11.1 Å². The molecule has 0 bridgehead atoms. The molecule has 0 atom stereocenters. The second-order valence-electron chi connectivity index (χ2n) is 4.92. The van der Waals surface area contributed by atoms with Crippen molar-refractivity contribution < 1.29 is 19.1 Å². The molecule has 0 aromatic heterocycles. The van der Waals surface area contributed by atoms with E-state index in [0.717, 1.165) is 25.7 Å². The molecule has 1 aliphatic rings. The highest BCUT2D eigenvalue weighted by Gasteiger charge is 2.20. The Hall–Kier alpha value is -1.26. The molecular formula is C15H16Cl2O4.